The second-order valence-electron chi connectivity index (χ2n) is 8.06. The second-order valence-corrected chi connectivity index (χ2v) is 8.06. The highest BCUT2D eigenvalue weighted by molar-refractivity contribution is 5.96. The Morgan fingerprint density at radius 3 is 2.30 bits per heavy atom. The fraction of sp³-hybridized carbons (Fsp3) is 0.650. The van der Waals surface area contributed by atoms with Crippen molar-refractivity contribution >= 4 is 5.78 Å². The van der Waals surface area contributed by atoms with Gasteiger partial charge in [0.15, 0.2) is 5.78 Å². The minimum absolute atomic E-state index is 0.00500. The lowest BCUT2D eigenvalue weighted by atomic mass is 9.59. The van der Waals surface area contributed by atoms with Crippen LogP contribution < -0.4 is 0 Å². The maximum absolute atomic E-state index is 11.8. The average Bonchev–Trinajstić information content (AvgIpc) is 2.43. The van der Waals surface area contributed by atoms with E-state index in [1.165, 1.54) is 26.0 Å². The van der Waals surface area contributed by atoms with Crippen molar-refractivity contribution in [2.24, 2.45) is 17.3 Å². The summed E-state index contributed by atoms with van der Waals surface area (Å²) in [4.78, 5) is 11.8. The molecule has 0 aromatic carbocycles. The van der Waals surface area contributed by atoms with Crippen molar-refractivity contribution in [3.05, 3.63) is 37.0 Å². The van der Waals surface area contributed by atoms with Gasteiger partial charge in [-0.3, -0.25) is 4.79 Å². The number of ketones is 1. The van der Waals surface area contributed by atoms with E-state index in [1.54, 1.807) is 6.92 Å². The monoisotopic (exact) mass is 320 g/mol. The predicted octanol–water partition coefficient (Wildman–Crippen LogP) is 3.82. The van der Waals surface area contributed by atoms with E-state index in [-0.39, 0.29) is 17.3 Å². The molecule has 2 N–H and O–H groups in total. The molecule has 1 saturated carbocycles. The summed E-state index contributed by atoms with van der Waals surface area (Å²) >= 11 is 0. The number of aliphatic hydroxyl groups is 2. The van der Waals surface area contributed by atoms with E-state index in [2.05, 4.69) is 20.1 Å². The van der Waals surface area contributed by atoms with Crippen molar-refractivity contribution in [3.63, 3.8) is 0 Å². The summed E-state index contributed by atoms with van der Waals surface area (Å²) in [5.74, 6) is -0.0901. The smallest absolute Gasteiger partial charge is 0.186 e. The van der Waals surface area contributed by atoms with Gasteiger partial charge in [0.1, 0.15) is 5.60 Å². The van der Waals surface area contributed by atoms with Crippen LogP contribution in [0.5, 0.6) is 0 Å². The summed E-state index contributed by atoms with van der Waals surface area (Å²) < 4.78 is 0. The van der Waals surface area contributed by atoms with E-state index in [0.717, 1.165) is 24.8 Å². The molecule has 0 spiro atoms. The van der Waals surface area contributed by atoms with E-state index in [4.69, 9.17) is 0 Å². The number of carbonyl (C=O) groups is 1. The van der Waals surface area contributed by atoms with E-state index in [0.29, 0.717) is 0 Å². The number of hydrogen-bond acceptors (Lipinski definition) is 3. The van der Waals surface area contributed by atoms with Gasteiger partial charge < -0.3 is 10.2 Å². The molecule has 3 nitrogen and oxygen atoms in total. The van der Waals surface area contributed by atoms with Crippen LogP contribution in [0, 0.1) is 17.3 Å². The Morgan fingerprint density at radius 2 is 1.87 bits per heavy atom. The summed E-state index contributed by atoms with van der Waals surface area (Å²) in [6.07, 6.45) is 7.44. The van der Waals surface area contributed by atoms with Gasteiger partial charge in [0.05, 0.1) is 5.60 Å². The summed E-state index contributed by atoms with van der Waals surface area (Å²) in [7, 11) is 0. The average molecular weight is 320 g/mol. The molecule has 0 amide bonds. The molecule has 0 aromatic rings. The van der Waals surface area contributed by atoms with Crippen LogP contribution in [0.25, 0.3) is 0 Å². The lowest BCUT2D eigenvalue weighted by molar-refractivity contribution is -0.129. The highest BCUT2D eigenvalue weighted by Gasteiger charge is 2.43. The van der Waals surface area contributed by atoms with E-state index < -0.39 is 17.0 Å². The standard InChI is InChI=1S/C20H32O3/c1-8-19(6)11-9-15(13-16(19)14(2)3)20(7,23)12-10-17(21)18(4,5)22/h8,10,12,15-16,22-23H,1-2,9,11,13H2,3-7H3/b12-10+/t15-,16+,19-,20-/m1/s1. The Hall–Kier alpha value is -1.19. The highest BCUT2D eigenvalue weighted by atomic mass is 16.3. The summed E-state index contributed by atoms with van der Waals surface area (Å²) in [6, 6.07) is 0. The first-order valence-corrected chi connectivity index (χ1v) is 8.31. The molecule has 0 aromatic heterocycles. The van der Waals surface area contributed by atoms with Gasteiger partial charge in [-0.1, -0.05) is 25.2 Å². The fourth-order valence-corrected chi connectivity index (χ4v) is 3.45. The van der Waals surface area contributed by atoms with Crippen molar-refractivity contribution in [2.75, 3.05) is 0 Å². The molecule has 1 rings (SSSR count). The first-order chi connectivity index (χ1) is 10.3. The Bertz CT molecular complexity index is 507. The normalized spacial score (nSPS) is 31.6. The molecule has 1 aliphatic carbocycles. The third-order valence-electron chi connectivity index (χ3n) is 5.41. The molecular formula is C20H32O3. The van der Waals surface area contributed by atoms with Crippen molar-refractivity contribution < 1.29 is 15.0 Å². The zero-order valence-corrected chi connectivity index (χ0v) is 15.2. The summed E-state index contributed by atoms with van der Waals surface area (Å²) in [5.41, 5.74) is -1.40. The molecule has 1 fully saturated rings. The SMILES string of the molecule is C=C[C@]1(C)CC[C@@H]([C@](C)(O)/C=C/C(=O)C(C)(C)O)C[C@H]1C(=C)C. The molecular weight excluding hydrogens is 288 g/mol. The van der Waals surface area contributed by atoms with Crippen LogP contribution in [0.2, 0.25) is 0 Å². The quantitative estimate of drug-likeness (QED) is 0.578. The number of hydrogen-bond donors (Lipinski definition) is 2. The molecule has 0 unspecified atom stereocenters. The molecule has 3 heteroatoms. The lowest BCUT2D eigenvalue weighted by Gasteiger charge is -2.46. The number of rotatable bonds is 6. The summed E-state index contributed by atoms with van der Waals surface area (Å²) in [5, 5.41) is 20.5. The maximum atomic E-state index is 11.8. The molecule has 130 valence electrons. The predicted molar refractivity (Wildman–Crippen MR) is 95.0 cm³/mol. The Balaban J connectivity index is 2.94. The lowest BCUT2D eigenvalue weighted by Crippen LogP contribution is -2.42. The Morgan fingerprint density at radius 1 is 1.30 bits per heavy atom. The van der Waals surface area contributed by atoms with Gasteiger partial charge in [0, 0.05) is 0 Å². The fourth-order valence-electron chi connectivity index (χ4n) is 3.45. The van der Waals surface area contributed by atoms with Crippen LogP contribution in [0.4, 0.5) is 0 Å². The van der Waals surface area contributed by atoms with Crippen LogP contribution in [0.15, 0.2) is 37.0 Å². The number of carbonyl (C=O) groups excluding carboxylic acids is 1. The van der Waals surface area contributed by atoms with Gasteiger partial charge in [0.2, 0.25) is 0 Å². The molecule has 4 atom stereocenters. The zero-order valence-electron chi connectivity index (χ0n) is 15.2. The van der Waals surface area contributed by atoms with Crippen LogP contribution >= 0.6 is 0 Å². The highest BCUT2D eigenvalue weighted by Crippen LogP contribution is 2.49. The molecule has 0 radical (unpaired) electrons. The number of allylic oxidation sites excluding steroid dienone is 2. The minimum Gasteiger partial charge on any atom is -0.386 e. The Kier molecular flexibility index (Phi) is 5.82. The zero-order chi connectivity index (χ0) is 18.1. The van der Waals surface area contributed by atoms with Crippen molar-refractivity contribution in [1.29, 1.82) is 0 Å². The topological polar surface area (TPSA) is 57.5 Å². The molecule has 23 heavy (non-hydrogen) atoms. The van der Waals surface area contributed by atoms with Crippen LogP contribution in [-0.4, -0.2) is 27.2 Å². The first-order valence-electron chi connectivity index (χ1n) is 8.31. The van der Waals surface area contributed by atoms with Gasteiger partial charge in [-0.2, -0.15) is 0 Å². The maximum Gasteiger partial charge on any atom is 0.186 e. The molecule has 0 saturated heterocycles. The van der Waals surface area contributed by atoms with Crippen molar-refractivity contribution in [2.45, 2.75) is 65.1 Å². The third-order valence-corrected chi connectivity index (χ3v) is 5.41. The van der Waals surface area contributed by atoms with Crippen LogP contribution in [-0.2, 0) is 4.79 Å². The van der Waals surface area contributed by atoms with Gasteiger partial charge in [-0.25, -0.2) is 0 Å². The largest absolute Gasteiger partial charge is 0.386 e. The summed E-state index contributed by atoms with van der Waals surface area (Å²) in [6.45, 7) is 16.9. The van der Waals surface area contributed by atoms with Gasteiger partial charge in [-0.15, -0.1) is 6.58 Å². The van der Waals surface area contributed by atoms with Gasteiger partial charge in [0.25, 0.3) is 0 Å². The van der Waals surface area contributed by atoms with Crippen molar-refractivity contribution in [3.8, 4) is 0 Å². The van der Waals surface area contributed by atoms with E-state index >= 15 is 0 Å². The van der Waals surface area contributed by atoms with Gasteiger partial charge in [-0.05, 0) is 76.4 Å². The van der Waals surface area contributed by atoms with Crippen molar-refractivity contribution in [1.82, 2.24) is 0 Å². The van der Waals surface area contributed by atoms with E-state index in [1.807, 2.05) is 13.0 Å². The van der Waals surface area contributed by atoms with Crippen LogP contribution in [0.1, 0.15) is 53.9 Å². The molecule has 0 bridgehead atoms. The van der Waals surface area contributed by atoms with E-state index in [9.17, 15) is 15.0 Å². The molecule has 0 aliphatic heterocycles. The van der Waals surface area contributed by atoms with Crippen LogP contribution in [0.3, 0.4) is 0 Å². The molecule has 0 heterocycles. The Labute approximate surface area is 140 Å². The second kappa shape index (κ2) is 6.74. The van der Waals surface area contributed by atoms with Gasteiger partial charge >= 0.3 is 0 Å². The minimum atomic E-state index is -1.42. The first kappa shape index (κ1) is 19.9. The third kappa shape index (κ3) is 4.65. The molecule has 1 aliphatic rings.